The van der Waals surface area contributed by atoms with Crippen LogP contribution < -0.4 is 14.5 Å². The average molecular weight is 409 g/mol. The molecular weight excluding hydrogens is 382 g/mol. The third-order valence-electron chi connectivity index (χ3n) is 5.85. The lowest BCUT2D eigenvalue weighted by molar-refractivity contribution is -0.136. The zero-order valence-electron chi connectivity index (χ0n) is 18.1. The number of esters is 1. The van der Waals surface area contributed by atoms with Crippen molar-refractivity contribution in [3.63, 3.8) is 0 Å². The van der Waals surface area contributed by atoms with Gasteiger partial charge >= 0.3 is 5.97 Å². The van der Waals surface area contributed by atoms with Gasteiger partial charge in [-0.1, -0.05) is 17.7 Å². The van der Waals surface area contributed by atoms with E-state index in [0.29, 0.717) is 30.5 Å². The summed E-state index contributed by atoms with van der Waals surface area (Å²) in [7, 11) is 3.26. The van der Waals surface area contributed by atoms with E-state index in [0.717, 1.165) is 28.8 Å². The van der Waals surface area contributed by atoms with Gasteiger partial charge in [0.25, 0.3) is 0 Å². The number of carbonyl (C=O) groups is 1. The predicted molar refractivity (Wildman–Crippen MR) is 115 cm³/mol. The molecule has 0 aromatic heterocycles. The van der Waals surface area contributed by atoms with Crippen LogP contribution >= 0.6 is 0 Å². The molecule has 1 atom stereocenters. The van der Waals surface area contributed by atoms with E-state index in [2.05, 4.69) is 6.92 Å². The molecule has 0 spiro atoms. The zero-order chi connectivity index (χ0) is 21.5. The van der Waals surface area contributed by atoms with Crippen molar-refractivity contribution in [3.05, 3.63) is 53.1 Å². The lowest BCUT2D eigenvalue weighted by atomic mass is 9.87. The first-order valence-electron chi connectivity index (χ1n) is 10.1. The van der Waals surface area contributed by atoms with Gasteiger partial charge in [-0.15, -0.1) is 5.10 Å². The van der Waals surface area contributed by atoms with E-state index in [1.54, 1.807) is 21.1 Å². The highest BCUT2D eigenvalue weighted by Crippen LogP contribution is 2.47. The Hall–Kier alpha value is -3.22. The Morgan fingerprint density at radius 3 is 2.43 bits per heavy atom. The molecule has 0 saturated heterocycles. The first kappa shape index (κ1) is 20.1. The number of hydrazone groups is 1. The summed E-state index contributed by atoms with van der Waals surface area (Å²) in [6.45, 7) is 6.86. The molecule has 4 rings (SSSR count). The van der Waals surface area contributed by atoms with Crippen LogP contribution in [0, 0.1) is 6.92 Å². The van der Waals surface area contributed by atoms with E-state index >= 15 is 0 Å². The van der Waals surface area contributed by atoms with Crippen molar-refractivity contribution in [2.45, 2.75) is 32.9 Å². The van der Waals surface area contributed by atoms with Crippen LogP contribution in [0.25, 0.3) is 0 Å². The van der Waals surface area contributed by atoms with Gasteiger partial charge < -0.3 is 19.1 Å². The number of nitrogens with zero attached hydrogens (tertiary/aromatic N) is 3. The molecule has 0 aliphatic carbocycles. The van der Waals surface area contributed by atoms with Gasteiger partial charge in [-0.2, -0.15) is 0 Å². The Balaban J connectivity index is 1.90. The first-order chi connectivity index (χ1) is 14.4. The molecule has 30 heavy (non-hydrogen) atoms. The molecule has 2 aliphatic heterocycles. The van der Waals surface area contributed by atoms with Gasteiger partial charge in [-0.05, 0) is 57.0 Å². The second-order valence-electron chi connectivity index (χ2n) is 7.58. The van der Waals surface area contributed by atoms with Crippen molar-refractivity contribution in [2.24, 2.45) is 5.10 Å². The Morgan fingerprint density at radius 1 is 1.13 bits per heavy atom. The SMILES string of the molecule is CCOC(=O)C1=NN(c2ccc(C)cc2)[C@]2(C)c3cc(OC)c(OC)cc3CCN12. The number of fused-ring (bicyclic) bond motifs is 3. The van der Waals surface area contributed by atoms with E-state index < -0.39 is 11.6 Å². The number of ether oxygens (including phenoxy) is 3. The van der Waals surface area contributed by atoms with Crippen molar-refractivity contribution >= 4 is 17.5 Å². The molecule has 7 heteroatoms. The second kappa shape index (κ2) is 7.55. The van der Waals surface area contributed by atoms with Crippen molar-refractivity contribution < 1.29 is 19.0 Å². The third-order valence-corrected chi connectivity index (χ3v) is 5.85. The molecule has 0 bridgehead atoms. The molecule has 2 aromatic carbocycles. The molecule has 158 valence electrons. The van der Waals surface area contributed by atoms with Gasteiger partial charge in [-0.3, -0.25) is 0 Å². The number of anilines is 1. The topological polar surface area (TPSA) is 63.6 Å². The summed E-state index contributed by atoms with van der Waals surface area (Å²) in [5, 5.41) is 6.65. The lowest BCUT2D eigenvalue weighted by Crippen LogP contribution is -2.55. The summed E-state index contributed by atoms with van der Waals surface area (Å²) >= 11 is 0. The van der Waals surface area contributed by atoms with Gasteiger partial charge in [0.1, 0.15) is 0 Å². The van der Waals surface area contributed by atoms with Crippen LogP contribution in [-0.2, 0) is 21.6 Å². The molecule has 2 aromatic rings. The maximum atomic E-state index is 12.7. The summed E-state index contributed by atoms with van der Waals surface area (Å²) in [6, 6.07) is 12.1. The number of rotatable bonds is 5. The molecule has 0 amide bonds. The summed E-state index contributed by atoms with van der Waals surface area (Å²) < 4.78 is 16.4. The Bertz CT molecular complexity index is 1000. The largest absolute Gasteiger partial charge is 0.493 e. The Morgan fingerprint density at radius 2 is 1.80 bits per heavy atom. The fourth-order valence-corrected chi connectivity index (χ4v) is 4.29. The van der Waals surface area contributed by atoms with Crippen molar-refractivity contribution in [1.82, 2.24) is 4.90 Å². The van der Waals surface area contributed by atoms with Gasteiger partial charge in [0.05, 0.1) is 26.5 Å². The van der Waals surface area contributed by atoms with E-state index in [1.807, 2.05) is 53.2 Å². The quantitative estimate of drug-likeness (QED) is 0.705. The summed E-state index contributed by atoms with van der Waals surface area (Å²) in [6.07, 6.45) is 0.755. The highest BCUT2D eigenvalue weighted by Gasteiger charge is 2.52. The van der Waals surface area contributed by atoms with E-state index in [9.17, 15) is 4.79 Å². The molecular formula is C23H27N3O4. The number of benzene rings is 2. The number of amidine groups is 1. The smallest absolute Gasteiger partial charge is 0.376 e. The molecule has 0 unspecified atom stereocenters. The highest BCUT2D eigenvalue weighted by atomic mass is 16.5. The first-order valence-corrected chi connectivity index (χ1v) is 10.1. The van der Waals surface area contributed by atoms with Crippen molar-refractivity contribution in [3.8, 4) is 11.5 Å². The molecule has 2 heterocycles. The minimum absolute atomic E-state index is 0.300. The molecule has 7 nitrogen and oxygen atoms in total. The van der Waals surface area contributed by atoms with Gasteiger partial charge in [-0.25, -0.2) is 9.80 Å². The van der Waals surface area contributed by atoms with Crippen LogP contribution in [-0.4, -0.2) is 44.1 Å². The van der Waals surface area contributed by atoms with Crippen LogP contribution in [0.3, 0.4) is 0 Å². The molecule has 0 fully saturated rings. The molecule has 0 radical (unpaired) electrons. The van der Waals surface area contributed by atoms with E-state index in [4.69, 9.17) is 19.3 Å². The van der Waals surface area contributed by atoms with Crippen LogP contribution in [0.1, 0.15) is 30.5 Å². The van der Waals surface area contributed by atoms with Gasteiger partial charge in [0, 0.05) is 12.1 Å². The summed E-state index contributed by atoms with van der Waals surface area (Å²) in [5.41, 5.74) is 3.52. The minimum atomic E-state index is -0.704. The second-order valence-corrected chi connectivity index (χ2v) is 7.58. The maximum Gasteiger partial charge on any atom is 0.376 e. The molecule has 0 saturated carbocycles. The minimum Gasteiger partial charge on any atom is -0.493 e. The van der Waals surface area contributed by atoms with E-state index in [1.165, 1.54) is 0 Å². The van der Waals surface area contributed by atoms with Crippen LogP contribution in [0.4, 0.5) is 5.69 Å². The Labute approximate surface area is 176 Å². The van der Waals surface area contributed by atoms with Crippen molar-refractivity contribution in [1.29, 1.82) is 0 Å². The fourth-order valence-electron chi connectivity index (χ4n) is 4.29. The molecule has 2 aliphatic rings. The van der Waals surface area contributed by atoms with Crippen LogP contribution in [0.5, 0.6) is 11.5 Å². The number of aryl methyl sites for hydroxylation is 1. The number of hydrogen-bond donors (Lipinski definition) is 0. The highest BCUT2D eigenvalue weighted by molar-refractivity contribution is 6.36. The zero-order valence-corrected chi connectivity index (χ0v) is 18.1. The Kier molecular flexibility index (Phi) is 5.05. The third kappa shape index (κ3) is 2.96. The summed E-state index contributed by atoms with van der Waals surface area (Å²) in [4.78, 5) is 14.8. The maximum absolute atomic E-state index is 12.7. The standard InChI is InChI=1S/C23H27N3O4/c1-6-30-22(27)21-24-26(17-9-7-15(2)8-10-17)23(3)18-14-20(29-5)19(28-4)13-16(18)11-12-25(21)23/h7-10,13-14H,6,11-12H2,1-5H3/t23-/m1/s1. The van der Waals surface area contributed by atoms with Gasteiger partial charge in [0.15, 0.2) is 17.2 Å². The van der Waals surface area contributed by atoms with Gasteiger partial charge in [0.2, 0.25) is 5.84 Å². The normalized spacial score (nSPS) is 19.7. The predicted octanol–water partition coefficient (Wildman–Crippen LogP) is 3.44. The lowest BCUT2D eigenvalue weighted by Gasteiger charge is -2.46. The number of methoxy groups -OCH3 is 2. The van der Waals surface area contributed by atoms with E-state index in [-0.39, 0.29) is 0 Å². The average Bonchev–Trinajstić information content (AvgIpc) is 3.07. The number of hydrogen-bond acceptors (Lipinski definition) is 7. The van der Waals surface area contributed by atoms with Crippen LogP contribution in [0.15, 0.2) is 41.5 Å². The molecule has 0 N–H and O–H groups in total. The fraction of sp³-hybridized carbons (Fsp3) is 0.391. The number of carbonyl (C=O) groups excluding carboxylic acids is 1. The summed E-state index contributed by atoms with van der Waals surface area (Å²) in [5.74, 6) is 1.25. The van der Waals surface area contributed by atoms with Crippen LogP contribution in [0.2, 0.25) is 0 Å². The van der Waals surface area contributed by atoms with Crippen molar-refractivity contribution in [2.75, 3.05) is 32.4 Å². The monoisotopic (exact) mass is 409 g/mol.